The highest BCUT2D eigenvalue weighted by atomic mass is 16.5. The van der Waals surface area contributed by atoms with E-state index in [1.54, 1.807) is 0 Å². The number of rotatable bonds is 2. The molecule has 0 unspecified atom stereocenters. The molecule has 0 bridgehead atoms. The Hall–Kier alpha value is -0.980. The first-order valence-corrected chi connectivity index (χ1v) is 5.33. The first-order valence-electron chi connectivity index (χ1n) is 5.33. The minimum absolute atomic E-state index is 0.0951. The third-order valence-electron chi connectivity index (χ3n) is 2.33. The van der Waals surface area contributed by atoms with Crippen molar-refractivity contribution in [1.82, 2.24) is 0 Å². The summed E-state index contributed by atoms with van der Waals surface area (Å²) in [6.45, 7) is 6.24. The van der Waals surface area contributed by atoms with Crippen molar-refractivity contribution in [2.75, 3.05) is 0 Å². The van der Waals surface area contributed by atoms with Gasteiger partial charge in [0.2, 0.25) is 0 Å². The van der Waals surface area contributed by atoms with E-state index in [4.69, 9.17) is 4.74 Å². The Kier molecular flexibility index (Phi) is 2.26. The van der Waals surface area contributed by atoms with Crippen LogP contribution < -0.4 is 4.74 Å². The van der Waals surface area contributed by atoms with Crippen LogP contribution in [0, 0.1) is 0 Å². The summed E-state index contributed by atoms with van der Waals surface area (Å²) in [5, 5.41) is 0. The van der Waals surface area contributed by atoms with Gasteiger partial charge in [0.25, 0.3) is 0 Å². The summed E-state index contributed by atoms with van der Waals surface area (Å²) in [5.74, 6) is 1.81. The summed E-state index contributed by atoms with van der Waals surface area (Å²) < 4.78 is 5.82. The molecule has 0 amide bonds. The molecule has 0 heterocycles. The maximum Gasteiger partial charge on any atom is 0.120 e. The molecular weight excluding hydrogens is 172 g/mol. The van der Waals surface area contributed by atoms with Gasteiger partial charge in [0, 0.05) is 0 Å². The third kappa shape index (κ3) is 2.50. The van der Waals surface area contributed by atoms with Crippen molar-refractivity contribution >= 4 is 0 Å². The lowest BCUT2D eigenvalue weighted by Crippen LogP contribution is -2.22. The maximum atomic E-state index is 5.82. The van der Waals surface area contributed by atoms with E-state index in [1.165, 1.54) is 18.4 Å². The van der Waals surface area contributed by atoms with Crippen molar-refractivity contribution in [3.63, 3.8) is 0 Å². The molecule has 0 aromatic heterocycles. The Morgan fingerprint density at radius 1 is 1.21 bits per heavy atom. The lowest BCUT2D eigenvalue weighted by molar-refractivity contribution is 0.131. The van der Waals surface area contributed by atoms with Gasteiger partial charge in [-0.15, -0.1) is 0 Å². The van der Waals surface area contributed by atoms with E-state index in [2.05, 4.69) is 39.0 Å². The second-order valence-electron chi connectivity index (χ2n) is 5.06. The Balaban J connectivity index is 2.13. The molecule has 76 valence electrons. The Morgan fingerprint density at radius 2 is 1.93 bits per heavy atom. The van der Waals surface area contributed by atoms with E-state index in [0.717, 1.165) is 11.7 Å². The van der Waals surface area contributed by atoms with Crippen LogP contribution in [0.1, 0.15) is 45.1 Å². The zero-order valence-corrected chi connectivity index (χ0v) is 9.21. The van der Waals surface area contributed by atoms with Crippen molar-refractivity contribution in [2.24, 2.45) is 0 Å². The lowest BCUT2D eigenvalue weighted by Gasteiger charge is -2.21. The molecule has 0 N–H and O–H groups in total. The average Bonchev–Trinajstić information content (AvgIpc) is 2.83. The van der Waals surface area contributed by atoms with Crippen LogP contribution >= 0.6 is 0 Å². The van der Waals surface area contributed by atoms with E-state index in [-0.39, 0.29) is 5.60 Å². The van der Waals surface area contributed by atoms with Crippen LogP contribution in [0.15, 0.2) is 24.3 Å². The van der Waals surface area contributed by atoms with Crippen LogP contribution in [0.25, 0.3) is 0 Å². The Labute approximate surface area is 86.1 Å². The number of hydrogen-bond acceptors (Lipinski definition) is 1. The van der Waals surface area contributed by atoms with E-state index in [1.807, 2.05) is 6.07 Å². The smallest absolute Gasteiger partial charge is 0.120 e. The molecule has 1 saturated carbocycles. The highest BCUT2D eigenvalue weighted by Crippen LogP contribution is 2.41. The fourth-order valence-corrected chi connectivity index (χ4v) is 1.60. The average molecular weight is 190 g/mol. The minimum Gasteiger partial charge on any atom is -0.488 e. The van der Waals surface area contributed by atoms with Crippen molar-refractivity contribution in [2.45, 2.75) is 45.1 Å². The topological polar surface area (TPSA) is 9.23 Å². The van der Waals surface area contributed by atoms with Crippen LogP contribution in [0.5, 0.6) is 5.75 Å². The summed E-state index contributed by atoms with van der Waals surface area (Å²) in [7, 11) is 0. The van der Waals surface area contributed by atoms with Crippen molar-refractivity contribution < 1.29 is 4.74 Å². The first kappa shape index (κ1) is 9.57. The number of ether oxygens (including phenoxy) is 1. The molecule has 1 aliphatic carbocycles. The van der Waals surface area contributed by atoms with Crippen molar-refractivity contribution in [3.8, 4) is 5.75 Å². The SMILES string of the molecule is CC(C)(C)Oc1cccc(C2CC2)c1. The van der Waals surface area contributed by atoms with Crippen LogP contribution in [-0.2, 0) is 0 Å². The van der Waals surface area contributed by atoms with Gasteiger partial charge in [-0.3, -0.25) is 0 Å². The van der Waals surface area contributed by atoms with Gasteiger partial charge in [0.15, 0.2) is 0 Å². The van der Waals surface area contributed by atoms with E-state index >= 15 is 0 Å². The molecular formula is C13H18O. The van der Waals surface area contributed by atoms with Gasteiger partial charge in [-0.25, -0.2) is 0 Å². The van der Waals surface area contributed by atoms with E-state index in [9.17, 15) is 0 Å². The molecule has 1 heteroatoms. The molecule has 14 heavy (non-hydrogen) atoms. The second-order valence-corrected chi connectivity index (χ2v) is 5.06. The van der Waals surface area contributed by atoms with Crippen molar-refractivity contribution in [1.29, 1.82) is 0 Å². The molecule has 0 aliphatic heterocycles. The quantitative estimate of drug-likeness (QED) is 0.690. The highest BCUT2D eigenvalue weighted by Gasteiger charge is 2.24. The molecule has 1 aromatic rings. The zero-order valence-electron chi connectivity index (χ0n) is 9.21. The summed E-state index contributed by atoms with van der Waals surface area (Å²) in [6, 6.07) is 8.52. The maximum absolute atomic E-state index is 5.82. The van der Waals surface area contributed by atoms with Gasteiger partial charge in [-0.2, -0.15) is 0 Å². The number of hydrogen-bond donors (Lipinski definition) is 0. The largest absolute Gasteiger partial charge is 0.488 e. The fourth-order valence-electron chi connectivity index (χ4n) is 1.60. The predicted octanol–water partition coefficient (Wildman–Crippen LogP) is 3.74. The fraction of sp³-hybridized carbons (Fsp3) is 0.538. The Bertz CT molecular complexity index is 318. The van der Waals surface area contributed by atoms with Crippen LogP contribution in [0.3, 0.4) is 0 Å². The van der Waals surface area contributed by atoms with Gasteiger partial charge in [0.05, 0.1) is 0 Å². The zero-order chi connectivity index (χ0) is 10.2. The Morgan fingerprint density at radius 3 is 2.50 bits per heavy atom. The van der Waals surface area contributed by atoms with E-state index < -0.39 is 0 Å². The van der Waals surface area contributed by atoms with Crippen LogP contribution in [0.4, 0.5) is 0 Å². The third-order valence-corrected chi connectivity index (χ3v) is 2.33. The lowest BCUT2D eigenvalue weighted by atomic mass is 10.1. The minimum atomic E-state index is -0.0951. The van der Waals surface area contributed by atoms with Gasteiger partial charge >= 0.3 is 0 Å². The molecule has 0 atom stereocenters. The van der Waals surface area contributed by atoms with Gasteiger partial charge in [0.1, 0.15) is 11.4 Å². The second kappa shape index (κ2) is 3.30. The van der Waals surface area contributed by atoms with Crippen molar-refractivity contribution in [3.05, 3.63) is 29.8 Å². The molecule has 2 rings (SSSR count). The van der Waals surface area contributed by atoms with Gasteiger partial charge in [-0.05, 0) is 57.2 Å². The molecule has 0 saturated heterocycles. The van der Waals surface area contributed by atoms with E-state index in [0.29, 0.717) is 0 Å². The normalized spacial score (nSPS) is 16.8. The summed E-state index contributed by atoms with van der Waals surface area (Å²) in [5.41, 5.74) is 1.34. The standard InChI is InChI=1S/C13H18O/c1-13(2,3)14-12-6-4-5-11(9-12)10-7-8-10/h4-6,9-10H,7-8H2,1-3H3. The van der Waals surface area contributed by atoms with Gasteiger partial charge < -0.3 is 4.74 Å². The molecule has 0 spiro atoms. The van der Waals surface area contributed by atoms with Gasteiger partial charge in [-0.1, -0.05) is 12.1 Å². The molecule has 1 fully saturated rings. The molecule has 1 aliphatic rings. The highest BCUT2D eigenvalue weighted by molar-refractivity contribution is 5.33. The molecule has 1 nitrogen and oxygen atoms in total. The monoisotopic (exact) mass is 190 g/mol. The predicted molar refractivity (Wildman–Crippen MR) is 58.8 cm³/mol. The summed E-state index contributed by atoms with van der Waals surface area (Å²) in [6.07, 6.45) is 2.69. The van der Waals surface area contributed by atoms with Crippen LogP contribution in [-0.4, -0.2) is 5.60 Å². The molecule has 1 aromatic carbocycles. The number of benzene rings is 1. The first-order chi connectivity index (χ1) is 6.54. The molecule has 0 radical (unpaired) electrons. The van der Waals surface area contributed by atoms with Crippen LogP contribution in [0.2, 0.25) is 0 Å². The summed E-state index contributed by atoms with van der Waals surface area (Å²) >= 11 is 0. The summed E-state index contributed by atoms with van der Waals surface area (Å²) in [4.78, 5) is 0.